The molecule has 5 nitrogen and oxygen atoms in total. The molecule has 122 valence electrons. The van der Waals surface area contributed by atoms with E-state index in [0.29, 0.717) is 0 Å². The molecule has 0 saturated heterocycles. The molecule has 0 atom stereocenters. The third-order valence-corrected chi connectivity index (χ3v) is 4.66. The second-order valence-corrected chi connectivity index (χ2v) is 6.31. The van der Waals surface area contributed by atoms with Crippen molar-refractivity contribution in [3.8, 4) is 0 Å². The summed E-state index contributed by atoms with van der Waals surface area (Å²) in [5.41, 5.74) is 2.13. The van der Waals surface area contributed by atoms with Crippen LogP contribution in [0.3, 0.4) is 0 Å². The SMILES string of the molecule is COC1=Cc2sc(/C=C/C=C/c3ccc([N+](=O)[O-])cc3)nc2CC1. The van der Waals surface area contributed by atoms with E-state index in [1.54, 1.807) is 30.6 Å². The summed E-state index contributed by atoms with van der Waals surface area (Å²) in [6.45, 7) is 0. The van der Waals surface area contributed by atoms with Crippen molar-refractivity contribution in [1.82, 2.24) is 4.98 Å². The van der Waals surface area contributed by atoms with Crippen LogP contribution in [0.5, 0.6) is 0 Å². The molecule has 6 heteroatoms. The molecule has 2 aromatic rings. The van der Waals surface area contributed by atoms with Gasteiger partial charge in [0, 0.05) is 18.6 Å². The number of non-ortho nitro benzene ring substituents is 1. The first-order chi connectivity index (χ1) is 11.7. The number of allylic oxidation sites excluding steroid dienone is 3. The third-order valence-electron chi connectivity index (χ3n) is 3.65. The maximum absolute atomic E-state index is 10.6. The van der Waals surface area contributed by atoms with E-state index in [-0.39, 0.29) is 5.69 Å². The van der Waals surface area contributed by atoms with Gasteiger partial charge in [-0.1, -0.05) is 18.2 Å². The Kier molecular flexibility index (Phi) is 4.86. The van der Waals surface area contributed by atoms with Crippen molar-refractivity contribution in [1.29, 1.82) is 0 Å². The van der Waals surface area contributed by atoms with Crippen molar-refractivity contribution >= 4 is 35.3 Å². The number of nitro benzene ring substituents is 1. The van der Waals surface area contributed by atoms with Crippen LogP contribution in [-0.4, -0.2) is 17.0 Å². The lowest BCUT2D eigenvalue weighted by atomic mass is 10.1. The second kappa shape index (κ2) is 7.23. The molecule has 1 aliphatic rings. The number of hydrogen-bond donors (Lipinski definition) is 0. The fraction of sp³-hybridized carbons (Fsp3) is 0.167. The number of fused-ring (bicyclic) bond motifs is 1. The molecule has 0 aliphatic heterocycles. The maximum atomic E-state index is 10.6. The smallest absolute Gasteiger partial charge is 0.269 e. The first-order valence-electron chi connectivity index (χ1n) is 7.49. The van der Waals surface area contributed by atoms with Gasteiger partial charge in [-0.2, -0.15) is 0 Å². The molecule has 0 saturated carbocycles. The number of rotatable bonds is 5. The Morgan fingerprint density at radius 2 is 1.96 bits per heavy atom. The highest BCUT2D eigenvalue weighted by Gasteiger charge is 2.14. The lowest BCUT2D eigenvalue weighted by Crippen LogP contribution is -1.98. The van der Waals surface area contributed by atoms with Crippen LogP contribution in [0, 0.1) is 10.1 Å². The van der Waals surface area contributed by atoms with E-state index in [1.165, 1.54) is 12.1 Å². The minimum absolute atomic E-state index is 0.0968. The molecule has 0 spiro atoms. The van der Waals surface area contributed by atoms with Crippen LogP contribution in [0.1, 0.15) is 27.6 Å². The summed E-state index contributed by atoms with van der Waals surface area (Å²) in [5, 5.41) is 11.6. The molecular formula is C18H16N2O3S. The number of aryl methyl sites for hydroxylation is 1. The Hall–Kier alpha value is -2.73. The van der Waals surface area contributed by atoms with Gasteiger partial charge < -0.3 is 4.74 Å². The van der Waals surface area contributed by atoms with Gasteiger partial charge in [0.05, 0.1) is 28.4 Å². The van der Waals surface area contributed by atoms with Crippen molar-refractivity contribution in [3.63, 3.8) is 0 Å². The predicted molar refractivity (Wildman–Crippen MR) is 96.6 cm³/mol. The van der Waals surface area contributed by atoms with E-state index in [4.69, 9.17) is 4.74 Å². The van der Waals surface area contributed by atoms with E-state index >= 15 is 0 Å². The molecule has 1 heterocycles. The highest BCUT2D eigenvalue weighted by Crippen LogP contribution is 2.29. The topological polar surface area (TPSA) is 65.3 Å². The first kappa shape index (κ1) is 16.1. The Morgan fingerprint density at radius 1 is 1.21 bits per heavy atom. The Bertz CT molecular complexity index is 832. The van der Waals surface area contributed by atoms with Crippen molar-refractivity contribution in [2.45, 2.75) is 12.8 Å². The van der Waals surface area contributed by atoms with Crippen LogP contribution in [-0.2, 0) is 11.2 Å². The summed E-state index contributed by atoms with van der Waals surface area (Å²) in [6, 6.07) is 6.44. The average molecular weight is 340 g/mol. The number of thiazole rings is 1. The van der Waals surface area contributed by atoms with Gasteiger partial charge in [-0.05, 0) is 36.3 Å². The molecule has 1 aromatic heterocycles. The zero-order chi connectivity index (χ0) is 16.9. The van der Waals surface area contributed by atoms with Gasteiger partial charge >= 0.3 is 0 Å². The zero-order valence-electron chi connectivity index (χ0n) is 13.1. The number of methoxy groups -OCH3 is 1. The summed E-state index contributed by atoms with van der Waals surface area (Å²) in [6.07, 6.45) is 11.6. The van der Waals surface area contributed by atoms with Crippen LogP contribution in [0.4, 0.5) is 5.69 Å². The maximum Gasteiger partial charge on any atom is 0.269 e. The van der Waals surface area contributed by atoms with Crippen molar-refractivity contribution in [2.24, 2.45) is 0 Å². The number of benzene rings is 1. The third kappa shape index (κ3) is 3.78. The summed E-state index contributed by atoms with van der Waals surface area (Å²) < 4.78 is 5.30. The van der Waals surface area contributed by atoms with Crippen LogP contribution in [0.25, 0.3) is 18.2 Å². The summed E-state index contributed by atoms with van der Waals surface area (Å²) >= 11 is 1.64. The molecule has 3 rings (SSSR count). The Balaban J connectivity index is 1.65. The summed E-state index contributed by atoms with van der Waals surface area (Å²) in [4.78, 5) is 16.0. The van der Waals surface area contributed by atoms with Crippen molar-refractivity contribution < 1.29 is 9.66 Å². The first-order valence-corrected chi connectivity index (χ1v) is 8.31. The van der Waals surface area contributed by atoms with Gasteiger partial charge in [0.2, 0.25) is 0 Å². The van der Waals surface area contributed by atoms with Gasteiger partial charge in [-0.15, -0.1) is 11.3 Å². The van der Waals surface area contributed by atoms with Crippen LogP contribution in [0.2, 0.25) is 0 Å². The van der Waals surface area contributed by atoms with Gasteiger partial charge in [-0.25, -0.2) is 4.98 Å². The van der Waals surface area contributed by atoms with Gasteiger partial charge in [-0.3, -0.25) is 10.1 Å². The van der Waals surface area contributed by atoms with Crippen molar-refractivity contribution in [2.75, 3.05) is 7.11 Å². The number of nitrogens with zero attached hydrogens (tertiary/aromatic N) is 2. The van der Waals surface area contributed by atoms with Gasteiger partial charge in [0.25, 0.3) is 5.69 Å². The Labute approximate surface area is 143 Å². The average Bonchev–Trinajstić information content (AvgIpc) is 3.00. The predicted octanol–water partition coefficient (Wildman–Crippen LogP) is 4.71. The monoisotopic (exact) mass is 340 g/mol. The lowest BCUT2D eigenvalue weighted by Gasteiger charge is -2.09. The molecule has 0 unspecified atom stereocenters. The van der Waals surface area contributed by atoms with E-state index < -0.39 is 4.92 Å². The van der Waals surface area contributed by atoms with Gasteiger partial charge in [0.1, 0.15) is 5.01 Å². The standard InChI is InChI=1S/C18H16N2O3S/c1-23-15-10-11-16-17(12-15)24-18(19-16)5-3-2-4-13-6-8-14(9-7-13)20(21)22/h2-9,12H,10-11H2,1H3/b4-2+,5-3+. The van der Waals surface area contributed by atoms with Gasteiger partial charge in [0.15, 0.2) is 0 Å². The molecule has 0 bridgehead atoms. The molecule has 0 amide bonds. The normalized spacial score (nSPS) is 14.0. The second-order valence-electron chi connectivity index (χ2n) is 5.24. The molecule has 1 aliphatic carbocycles. The van der Waals surface area contributed by atoms with E-state index in [1.807, 2.05) is 24.3 Å². The summed E-state index contributed by atoms with van der Waals surface area (Å²) in [5.74, 6) is 1.000. The lowest BCUT2D eigenvalue weighted by molar-refractivity contribution is -0.384. The Morgan fingerprint density at radius 3 is 2.67 bits per heavy atom. The molecule has 1 aromatic carbocycles. The van der Waals surface area contributed by atoms with Crippen molar-refractivity contribution in [3.05, 3.63) is 73.4 Å². The molecule has 0 N–H and O–H groups in total. The highest BCUT2D eigenvalue weighted by atomic mass is 32.1. The molecular weight excluding hydrogens is 324 g/mol. The quantitative estimate of drug-likeness (QED) is 0.449. The number of hydrogen-bond acceptors (Lipinski definition) is 5. The highest BCUT2D eigenvalue weighted by molar-refractivity contribution is 7.13. The molecule has 24 heavy (non-hydrogen) atoms. The van der Waals surface area contributed by atoms with Crippen LogP contribution < -0.4 is 0 Å². The fourth-order valence-corrected chi connectivity index (χ4v) is 3.36. The van der Waals surface area contributed by atoms with E-state index in [0.717, 1.165) is 39.7 Å². The number of nitro groups is 1. The minimum atomic E-state index is -0.402. The van der Waals surface area contributed by atoms with Crippen LogP contribution in [0.15, 0.2) is 42.2 Å². The molecule has 0 radical (unpaired) electrons. The van der Waals surface area contributed by atoms with E-state index in [9.17, 15) is 10.1 Å². The number of ether oxygens (including phenoxy) is 1. The number of aromatic nitrogens is 1. The van der Waals surface area contributed by atoms with Crippen LogP contribution >= 0.6 is 11.3 Å². The minimum Gasteiger partial charge on any atom is -0.501 e. The summed E-state index contributed by atoms with van der Waals surface area (Å²) in [7, 11) is 1.70. The molecule has 0 fully saturated rings. The zero-order valence-corrected chi connectivity index (χ0v) is 14.0. The largest absolute Gasteiger partial charge is 0.501 e. The fourth-order valence-electron chi connectivity index (χ4n) is 2.38. The van der Waals surface area contributed by atoms with E-state index in [2.05, 4.69) is 11.1 Å².